The second-order valence-electron chi connectivity index (χ2n) is 11.1. The average Bonchev–Trinajstić information content (AvgIpc) is 3.38. The molecule has 1 fully saturated rings. The molecule has 40 heavy (non-hydrogen) atoms. The van der Waals surface area contributed by atoms with Gasteiger partial charge in [-0.25, -0.2) is 4.79 Å². The van der Waals surface area contributed by atoms with Crippen LogP contribution in [0.3, 0.4) is 0 Å². The molecular formula is C32H34BNO6. The van der Waals surface area contributed by atoms with Gasteiger partial charge in [-0.1, -0.05) is 60.7 Å². The number of hydrogen-bond acceptors (Lipinski definition) is 6. The summed E-state index contributed by atoms with van der Waals surface area (Å²) in [7, 11) is 0.833. The number of carbonyl (C=O) groups excluding carboxylic acids is 2. The quantitative estimate of drug-likeness (QED) is 0.277. The number of amides is 1. The Morgan fingerprint density at radius 1 is 0.950 bits per heavy atom. The summed E-state index contributed by atoms with van der Waals surface area (Å²) in [5.41, 5.74) is 5.48. The molecule has 0 atom stereocenters. The molecule has 2 aliphatic rings. The predicted octanol–water partition coefficient (Wildman–Crippen LogP) is 6.06. The second kappa shape index (κ2) is 10.9. The fraction of sp³-hybridized carbons (Fsp3) is 0.312. The minimum absolute atomic E-state index is 0.0277. The minimum atomic E-state index is -0.685. The number of methoxy groups -OCH3 is 1. The van der Waals surface area contributed by atoms with Crippen LogP contribution in [0.5, 0.6) is 5.75 Å². The van der Waals surface area contributed by atoms with Crippen LogP contribution in [0.25, 0.3) is 17.2 Å². The molecule has 8 heteroatoms. The van der Waals surface area contributed by atoms with Crippen molar-refractivity contribution in [2.24, 2.45) is 0 Å². The number of aldehydes is 1. The Hall–Kier alpha value is -3.88. The van der Waals surface area contributed by atoms with Crippen LogP contribution in [-0.4, -0.2) is 51.0 Å². The number of carbonyl (C=O) groups is 2. The lowest BCUT2D eigenvalue weighted by Crippen LogP contribution is -2.41. The highest BCUT2D eigenvalue weighted by Crippen LogP contribution is 2.44. The van der Waals surface area contributed by atoms with Crippen molar-refractivity contribution < 1.29 is 28.4 Å². The third-order valence-electron chi connectivity index (χ3n) is 8.07. The minimum Gasteiger partial charge on any atom is -0.496 e. The van der Waals surface area contributed by atoms with E-state index in [-0.39, 0.29) is 19.1 Å². The fourth-order valence-corrected chi connectivity index (χ4v) is 5.15. The molecule has 1 saturated heterocycles. The van der Waals surface area contributed by atoms with Crippen LogP contribution in [0.4, 0.5) is 4.79 Å². The molecule has 0 unspecified atom stereocenters. The molecule has 1 heterocycles. The zero-order chi connectivity index (χ0) is 28.5. The van der Waals surface area contributed by atoms with Gasteiger partial charge < -0.3 is 24.1 Å². The molecule has 0 spiro atoms. The average molecular weight is 539 g/mol. The summed E-state index contributed by atoms with van der Waals surface area (Å²) >= 11 is 0. The van der Waals surface area contributed by atoms with E-state index in [1.54, 1.807) is 12.1 Å². The Morgan fingerprint density at radius 2 is 1.55 bits per heavy atom. The Morgan fingerprint density at radius 3 is 2.12 bits per heavy atom. The smallest absolute Gasteiger partial charge is 0.492 e. The highest BCUT2D eigenvalue weighted by Gasteiger charge is 2.52. The monoisotopic (exact) mass is 539 g/mol. The zero-order valence-electron chi connectivity index (χ0n) is 23.5. The van der Waals surface area contributed by atoms with Crippen molar-refractivity contribution in [1.82, 2.24) is 5.32 Å². The third-order valence-corrected chi connectivity index (χ3v) is 8.07. The van der Waals surface area contributed by atoms with Crippen LogP contribution in [0.1, 0.15) is 60.7 Å². The Bertz CT molecular complexity index is 1400. The predicted molar refractivity (Wildman–Crippen MR) is 156 cm³/mol. The van der Waals surface area contributed by atoms with Crippen LogP contribution in [0, 0.1) is 0 Å². The molecule has 3 aromatic carbocycles. The van der Waals surface area contributed by atoms with Crippen LogP contribution < -0.4 is 10.1 Å². The summed E-state index contributed by atoms with van der Waals surface area (Å²) in [6, 6.07) is 21.7. The maximum absolute atomic E-state index is 12.9. The Kier molecular flexibility index (Phi) is 7.58. The first-order valence-electron chi connectivity index (χ1n) is 13.4. The molecule has 0 aromatic heterocycles. The van der Waals surface area contributed by atoms with Crippen LogP contribution in [-0.2, 0) is 14.0 Å². The van der Waals surface area contributed by atoms with Crippen LogP contribution in [0.15, 0.2) is 72.2 Å². The van der Waals surface area contributed by atoms with Crippen LogP contribution in [0.2, 0.25) is 0 Å². The first kappa shape index (κ1) is 27.7. The number of hydrogen-bond donors (Lipinski definition) is 1. The van der Waals surface area contributed by atoms with Gasteiger partial charge >= 0.3 is 13.2 Å². The maximum atomic E-state index is 12.9. The van der Waals surface area contributed by atoms with Gasteiger partial charge in [-0.05, 0) is 73.1 Å². The van der Waals surface area contributed by atoms with E-state index in [9.17, 15) is 9.59 Å². The molecule has 1 aliphatic carbocycles. The molecule has 0 radical (unpaired) electrons. The van der Waals surface area contributed by atoms with Gasteiger partial charge in [-0.3, -0.25) is 4.79 Å². The Labute approximate surface area is 235 Å². The van der Waals surface area contributed by atoms with E-state index in [0.29, 0.717) is 16.8 Å². The highest BCUT2D eigenvalue weighted by atomic mass is 16.7. The molecule has 1 amide bonds. The topological polar surface area (TPSA) is 83.1 Å². The van der Waals surface area contributed by atoms with Crippen molar-refractivity contribution in [2.45, 2.75) is 44.8 Å². The molecule has 0 bridgehead atoms. The molecule has 7 nitrogen and oxygen atoms in total. The van der Waals surface area contributed by atoms with Crippen molar-refractivity contribution in [3.8, 4) is 16.9 Å². The van der Waals surface area contributed by atoms with Crippen LogP contribution >= 0.6 is 0 Å². The van der Waals surface area contributed by atoms with Crippen molar-refractivity contribution >= 4 is 25.6 Å². The van der Waals surface area contributed by atoms with Crippen molar-refractivity contribution in [1.29, 1.82) is 0 Å². The van der Waals surface area contributed by atoms with Crippen molar-refractivity contribution in [2.75, 3.05) is 20.3 Å². The Balaban J connectivity index is 1.32. The normalized spacial score (nSPS) is 17.2. The molecule has 1 N–H and O–H groups in total. The number of rotatable bonds is 8. The van der Waals surface area contributed by atoms with E-state index < -0.39 is 24.4 Å². The largest absolute Gasteiger partial charge is 0.496 e. The maximum Gasteiger partial charge on any atom is 0.492 e. The van der Waals surface area contributed by atoms with Gasteiger partial charge in [-0.2, -0.15) is 0 Å². The summed E-state index contributed by atoms with van der Waals surface area (Å²) in [6.45, 7) is 8.28. The van der Waals surface area contributed by atoms with E-state index in [1.165, 1.54) is 18.2 Å². The molecule has 0 saturated carbocycles. The van der Waals surface area contributed by atoms with Gasteiger partial charge in [-0.15, -0.1) is 0 Å². The van der Waals surface area contributed by atoms with Gasteiger partial charge in [0.15, 0.2) is 6.29 Å². The molecule has 206 valence electrons. The fourth-order valence-electron chi connectivity index (χ4n) is 5.15. The van der Waals surface area contributed by atoms with Gasteiger partial charge in [0, 0.05) is 12.5 Å². The third kappa shape index (κ3) is 5.29. The van der Waals surface area contributed by atoms with Crippen molar-refractivity contribution in [3.63, 3.8) is 0 Å². The molecule has 5 rings (SSSR count). The number of nitrogens with one attached hydrogen (secondary N) is 1. The number of alkyl carbamates (subject to hydrolysis) is 1. The first-order valence-corrected chi connectivity index (χ1v) is 13.4. The summed E-state index contributed by atoms with van der Waals surface area (Å²) in [6.07, 6.45) is 2.10. The van der Waals surface area contributed by atoms with Gasteiger partial charge in [0.25, 0.3) is 0 Å². The molecular weight excluding hydrogens is 505 g/mol. The lowest BCUT2D eigenvalue weighted by atomic mass is 9.77. The molecule has 3 aromatic rings. The summed E-state index contributed by atoms with van der Waals surface area (Å²) < 4.78 is 23.7. The number of benzene rings is 3. The SMILES string of the molecule is COc1cc(C=C(CNC(=O)OCC2c3ccccc3-c3ccccc32)B2OC(C)(C)C(C)(C)O2)ccc1C=O. The first-order chi connectivity index (χ1) is 19.1. The van der Waals surface area contributed by atoms with E-state index in [1.807, 2.05) is 64.1 Å². The summed E-state index contributed by atoms with van der Waals surface area (Å²) in [4.78, 5) is 24.3. The van der Waals surface area contributed by atoms with Crippen molar-refractivity contribution in [3.05, 3.63) is 94.5 Å². The van der Waals surface area contributed by atoms with Gasteiger partial charge in [0.1, 0.15) is 12.4 Å². The zero-order valence-corrected chi connectivity index (χ0v) is 23.5. The van der Waals surface area contributed by atoms with E-state index in [4.69, 9.17) is 18.8 Å². The van der Waals surface area contributed by atoms with E-state index >= 15 is 0 Å². The van der Waals surface area contributed by atoms with Gasteiger partial charge in [0.05, 0.1) is 23.9 Å². The lowest BCUT2D eigenvalue weighted by Gasteiger charge is -2.32. The second-order valence-corrected chi connectivity index (χ2v) is 11.1. The number of fused-ring (bicyclic) bond motifs is 3. The number of ether oxygens (including phenoxy) is 2. The van der Waals surface area contributed by atoms with E-state index in [0.717, 1.165) is 23.0 Å². The lowest BCUT2D eigenvalue weighted by molar-refractivity contribution is 0.00578. The molecule has 1 aliphatic heterocycles. The summed E-state index contributed by atoms with van der Waals surface area (Å²) in [5.74, 6) is 0.432. The summed E-state index contributed by atoms with van der Waals surface area (Å²) in [5, 5.41) is 2.88. The van der Waals surface area contributed by atoms with E-state index in [2.05, 4.69) is 29.6 Å². The standard InChI is InChI=1S/C32H34BNO6/c1-31(2)32(3,4)40-33(39-31)23(16-21-14-15-22(19-35)29(17-21)37-5)18-34-30(36)38-20-28-26-12-8-6-10-24(26)25-11-7-9-13-27(25)28/h6-17,19,28H,18,20H2,1-5H3,(H,34,36). The highest BCUT2D eigenvalue weighted by molar-refractivity contribution is 6.56. The van der Waals surface area contributed by atoms with Gasteiger partial charge in [0.2, 0.25) is 0 Å².